The summed E-state index contributed by atoms with van der Waals surface area (Å²) in [7, 11) is 2.06. The maximum absolute atomic E-state index is 13.6. The van der Waals surface area contributed by atoms with Gasteiger partial charge in [-0.1, -0.05) is 6.92 Å². The second-order valence-corrected chi connectivity index (χ2v) is 5.21. The lowest BCUT2D eigenvalue weighted by atomic mass is 10.3. The van der Waals surface area contributed by atoms with Gasteiger partial charge in [0, 0.05) is 31.7 Å². The Morgan fingerprint density at radius 1 is 1.20 bits per heavy atom. The summed E-state index contributed by atoms with van der Waals surface area (Å²) in [6, 6.07) is 1.54. The van der Waals surface area contributed by atoms with Crippen LogP contribution in [0.1, 0.15) is 26.2 Å². The van der Waals surface area contributed by atoms with Crippen LogP contribution in [0.4, 0.5) is 20.4 Å². The predicted molar refractivity (Wildman–Crippen MR) is 77.1 cm³/mol. The monoisotopic (exact) mass is 284 g/mol. The molecular weight excluding hydrogens is 262 g/mol. The highest BCUT2D eigenvalue weighted by atomic mass is 19.1. The molecule has 0 radical (unpaired) electrons. The van der Waals surface area contributed by atoms with E-state index < -0.39 is 11.6 Å². The molecular formula is C14H22F2N4. The number of rotatable bonds is 8. The summed E-state index contributed by atoms with van der Waals surface area (Å²) in [5, 5.41) is 5.79. The van der Waals surface area contributed by atoms with Crippen LogP contribution in [0.15, 0.2) is 6.07 Å². The zero-order valence-corrected chi connectivity index (χ0v) is 12.0. The number of hydrogen-bond donors (Lipinski definition) is 2. The first-order chi connectivity index (χ1) is 9.61. The molecule has 0 unspecified atom stereocenters. The Hall–Kier alpha value is -1.43. The van der Waals surface area contributed by atoms with E-state index in [0.717, 1.165) is 19.0 Å². The number of anilines is 2. The Morgan fingerprint density at radius 3 is 2.35 bits per heavy atom. The standard InChI is InChI=1S/C14H22F2N4/c1-3-6-17-13-11(15)9-12(16)14(19-13)18-7-8-20(2)10-4-5-10/h9-10H,3-8H2,1-2H3,(H2,17,18,19). The lowest BCUT2D eigenvalue weighted by Gasteiger charge is -2.16. The summed E-state index contributed by atoms with van der Waals surface area (Å²) < 4.78 is 27.2. The third-order valence-electron chi connectivity index (χ3n) is 3.40. The molecule has 0 aromatic carbocycles. The van der Waals surface area contributed by atoms with Gasteiger partial charge in [-0.05, 0) is 26.3 Å². The van der Waals surface area contributed by atoms with Crippen molar-refractivity contribution in [3.63, 3.8) is 0 Å². The molecule has 6 heteroatoms. The minimum absolute atomic E-state index is 0.103. The van der Waals surface area contributed by atoms with E-state index in [1.54, 1.807) is 0 Å². The number of aromatic nitrogens is 1. The fourth-order valence-electron chi connectivity index (χ4n) is 2.01. The van der Waals surface area contributed by atoms with Gasteiger partial charge >= 0.3 is 0 Å². The molecule has 2 rings (SSSR count). The number of hydrogen-bond acceptors (Lipinski definition) is 4. The fourth-order valence-corrected chi connectivity index (χ4v) is 2.01. The van der Waals surface area contributed by atoms with Crippen LogP contribution in [0.3, 0.4) is 0 Å². The van der Waals surface area contributed by atoms with Crippen LogP contribution in [-0.4, -0.2) is 42.6 Å². The summed E-state index contributed by atoms with van der Waals surface area (Å²) in [5.41, 5.74) is 0. The molecule has 2 N–H and O–H groups in total. The second-order valence-electron chi connectivity index (χ2n) is 5.21. The Bertz CT molecular complexity index is 449. The van der Waals surface area contributed by atoms with E-state index in [1.807, 2.05) is 6.92 Å². The van der Waals surface area contributed by atoms with Gasteiger partial charge in [0.2, 0.25) is 0 Å². The van der Waals surface area contributed by atoms with Gasteiger partial charge in [0.05, 0.1) is 0 Å². The van der Waals surface area contributed by atoms with Gasteiger partial charge in [-0.3, -0.25) is 0 Å². The number of pyridine rings is 1. The molecule has 0 aliphatic heterocycles. The van der Waals surface area contributed by atoms with Gasteiger partial charge in [-0.2, -0.15) is 0 Å². The number of nitrogens with zero attached hydrogens (tertiary/aromatic N) is 2. The summed E-state index contributed by atoms with van der Waals surface area (Å²) in [6.45, 7) is 4.00. The SMILES string of the molecule is CCCNc1nc(NCCN(C)C2CC2)c(F)cc1F. The molecule has 0 saturated heterocycles. The van der Waals surface area contributed by atoms with Crippen LogP contribution in [0.25, 0.3) is 0 Å². The Kier molecular flexibility index (Phi) is 5.11. The molecule has 0 bridgehead atoms. The molecule has 4 nitrogen and oxygen atoms in total. The van der Waals surface area contributed by atoms with Crippen molar-refractivity contribution in [1.82, 2.24) is 9.88 Å². The highest BCUT2D eigenvalue weighted by molar-refractivity contribution is 5.47. The normalized spacial score (nSPS) is 14.7. The van der Waals surface area contributed by atoms with Crippen LogP contribution >= 0.6 is 0 Å². The van der Waals surface area contributed by atoms with E-state index in [9.17, 15) is 8.78 Å². The van der Waals surface area contributed by atoms with Crippen molar-refractivity contribution in [2.45, 2.75) is 32.2 Å². The maximum Gasteiger partial charge on any atom is 0.168 e. The molecule has 0 amide bonds. The number of halogens is 2. The van der Waals surface area contributed by atoms with E-state index in [4.69, 9.17) is 0 Å². The highest BCUT2D eigenvalue weighted by Crippen LogP contribution is 2.25. The van der Waals surface area contributed by atoms with Gasteiger partial charge < -0.3 is 15.5 Å². The highest BCUT2D eigenvalue weighted by Gasteiger charge is 2.25. The van der Waals surface area contributed by atoms with Crippen LogP contribution in [0.5, 0.6) is 0 Å². The van der Waals surface area contributed by atoms with Crippen molar-refractivity contribution in [2.24, 2.45) is 0 Å². The largest absolute Gasteiger partial charge is 0.368 e. The Morgan fingerprint density at radius 2 is 1.80 bits per heavy atom. The van der Waals surface area contributed by atoms with Crippen molar-refractivity contribution in [3.05, 3.63) is 17.7 Å². The second kappa shape index (κ2) is 6.83. The van der Waals surface area contributed by atoms with E-state index >= 15 is 0 Å². The number of likely N-dealkylation sites (N-methyl/N-ethyl adjacent to an activating group) is 1. The Balaban J connectivity index is 1.91. The molecule has 1 aliphatic rings. The van der Waals surface area contributed by atoms with Gasteiger partial charge in [0.15, 0.2) is 23.3 Å². The van der Waals surface area contributed by atoms with Crippen molar-refractivity contribution in [3.8, 4) is 0 Å². The molecule has 1 saturated carbocycles. The van der Waals surface area contributed by atoms with E-state index in [1.165, 1.54) is 12.8 Å². The molecule has 1 aromatic rings. The first-order valence-corrected chi connectivity index (χ1v) is 7.15. The molecule has 1 aromatic heterocycles. The van der Waals surface area contributed by atoms with E-state index in [2.05, 4.69) is 27.6 Å². The molecule has 112 valence electrons. The quantitative estimate of drug-likeness (QED) is 0.770. The molecule has 0 atom stereocenters. The van der Waals surface area contributed by atoms with Crippen LogP contribution in [0, 0.1) is 11.6 Å². The summed E-state index contributed by atoms with van der Waals surface area (Å²) in [6.07, 6.45) is 3.34. The number of nitrogens with one attached hydrogen (secondary N) is 2. The average molecular weight is 284 g/mol. The van der Waals surface area contributed by atoms with Crippen molar-refractivity contribution in [1.29, 1.82) is 0 Å². The first-order valence-electron chi connectivity index (χ1n) is 7.15. The van der Waals surface area contributed by atoms with Gasteiger partial charge in [-0.15, -0.1) is 0 Å². The van der Waals surface area contributed by atoms with Gasteiger partial charge in [-0.25, -0.2) is 13.8 Å². The van der Waals surface area contributed by atoms with Crippen molar-refractivity contribution in [2.75, 3.05) is 37.3 Å². The van der Waals surface area contributed by atoms with Crippen LogP contribution in [0.2, 0.25) is 0 Å². The van der Waals surface area contributed by atoms with Gasteiger partial charge in [0.1, 0.15) is 0 Å². The van der Waals surface area contributed by atoms with Crippen LogP contribution in [-0.2, 0) is 0 Å². The van der Waals surface area contributed by atoms with Crippen molar-refractivity contribution < 1.29 is 8.78 Å². The Labute approximate surface area is 118 Å². The summed E-state index contributed by atoms with van der Waals surface area (Å²) >= 11 is 0. The van der Waals surface area contributed by atoms with Crippen molar-refractivity contribution >= 4 is 11.6 Å². The molecule has 1 fully saturated rings. The predicted octanol–water partition coefficient (Wildman–Crippen LogP) is 2.69. The zero-order chi connectivity index (χ0) is 14.5. The topological polar surface area (TPSA) is 40.2 Å². The summed E-state index contributed by atoms with van der Waals surface area (Å²) in [5.74, 6) is -1.10. The molecule has 0 spiro atoms. The minimum Gasteiger partial charge on any atom is -0.368 e. The third-order valence-corrected chi connectivity index (χ3v) is 3.40. The maximum atomic E-state index is 13.6. The minimum atomic E-state index is -0.656. The third kappa shape index (κ3) is 4.03. The van der Waals surface area contributed by atoms with E-state index in [-0.39, 0.29) is 11.6 Å². The lowest BCUT2D eigenvalue weighted by molar-refractivity contribution is 0.337. The van der Waals surface area contributed by atoms with Gasteiger partial charge in [0.25, 0.3) is 0 Å². The smallest absolute Gasteiger partial charge is 0.168 e. The average Bonchev–Trinajstić information content (AvgIpc) is 3.24. The lowest BCUT2D eigenvalue weighted by Crippen LogP contribution is -2.27. The molecule has 1 heterocycles. The van der Waals surface area contributed by atoms with Crippen LogP contribution < -0.4 is 10.6 Å². The van der Waals surface area contributed by atoms with E-state index in [0.29, 0.717) is 19.1 Å². The molecule has 20 heavy (non-hydrogen) atoms. The molecule has 1 aliphatic carbocycles. The summed E-state index contributed by atoms with van der Waals surface area (Å²) in [4.78, 5) is 6.22. The first kappa shape index (κ1) is 15.0. The zero-order valence-electron chi connectivity index (χ0n) is 12.0. The fraction of sp³-hybridized carbons (Fsp3) is 0.643.